The van der Waals surface area contributed by atoms with Gasteiger partial charge in [0.25, 0.3) is 0 Å². The molecule has 0 amide bonds. The Morgan fingerprint density at radius 1 is 1.16 bits per heavy atom. The maximum atomic E-state index is 14.2. The van der Waals surface area contributed by atoms with Crippen molar-refractivity contribution < 1.29 is 57.3 Å². The molecule has 0 spiro atoms. The highest BCUT2D eigenvalue weighted by molar-refractivity contribution is 5.59. The molecule has 2 heterocycles. The van der Waals surface area contributed by atoms with Crippen molar-refractivity contribution in [1.82, 2.24) is 9.78 Å². The zero-order valence-electron chi connectivity index (χ0n) is 21.2. The first-order valence-electron chi connectivity index (χ1n) is 11.8. The van der Waals surface area contributed by atoms with Crippen molar-refractivity contribution in [1.29, 1.82) is 0 Å². The highest BCUT2D eigenvalue weighted by Crippen LogP contribution is 2.41. The summed E-state index contributed by atoms with van der Waals surface area (Å²) < 4.78 is 63.0. The smallest absolute Gasteiger partial charge is 0.438 e. The molecule has 11 nitrogen and oxygen atoms in total. The van der Waals surface area contributed by atoms with E-state index in [0.717, 1.165) is 19.1 Å². The number of ether oxygens (including phenoxy) is 4. The fourth-order valence-corrected chi connectivity index (χ4v) is 4.00. The third kappa shape index (κ3) is 6.21. The van der Waals surface area contributed by atoms with Gasteiger partial charge in [0.15, 0.2) is 6.10 Å². The van der Waals surface area contributed by atoms with Gasteiger partial charge in [0.1, 0.15) is 30.6 Å². The Kier molecular flexibility index (Phi) is 8.93. The van der Waals surface area contributed by atoms with Crippen LogP contribution in [0.3, 0.4) is 0 Å². The van der Waals surface area contributed by atoms with Crippen molar-refractivity contribution >= 4 is 6.16 Å². The minimum absolute atomic E-state index is 0.312. The number of aliphatic hydroxyl groups is 4. The first-order chi connectivity index (χ1) is 17.7. The first kappa shape index (κ1) is 29.6. The van der Waals surface area contributed by atoms with Gasteiger partial charge in [-0.3, -0.25) is 4.68 Å². The molecule has 0 unspecified atom stereocenters. The maximum absolute atomic E-state index is 14.2. The molecule has 38 heavy (non-hydrogen) atoms. The fraction of sp³-hybridized carbons (Fsp3) is 0.583. The number of hydrogen-bond donors (Lipinski definition) is 4. The molecule has 212 valence electrons. The van der Waals surface area contributed by atoms with Crippen LogP contribution in [-0.2, 0) is 33.2 Å². The summed E-state index contributed by atoms with van der Waals surface area (Å²) in [5, 5.41) is 45.9. The number of benzene rings is 1. The van der Waals surface area contributed by atoms with E-state index in [1.165, 1.54) is 13.8 Å². The van der Waals surface area contributed by atoms with Crippen molar-refractivity contribution in [3.8, 4) is 5.88 Å². The lowest BCUT2D eigenvalue weighted by Crippen LogP contribution is -2.67. The molecular weight excluding hydrogens is 517 g/mol. The van der Waals surface area contributed by atoms with Gasteiger partial charge in [0.05, 0.1) is 12.7 Å². The molecule has 5 atom stereocenters. The first-order valence-corrected chi connectivity index (χ1v) is 11.8. The van der Waals surface area contributed by atoms with Gasteiger partial charge < -0.3 is 39.4 Å². The normalized spacial score (nSPS) is 25.9. The van der Waals surface area contributed by atoms with Gasteiger partial charge in [-0.05, 0) is 31.4 Å². The number of halogens is 3. The van der Waals surface area contributed by atoms with E-state index in [1.54, 1.807) is 24.3 Å². The number of aliphatic hydroxyl groups excluding tert-OH is 3. The van der Waals surface area contributed by atoms with Gasteiger partial charge in [-0.15, -0.1) is 5.10 Å². The Bertz CT molecular complexity index is 1110. The van der Waals surface area contributed by atoms with Gasteiger partial charge in [-0.25, -0.2) is 4.79 Å². The standard InChI is InChI=1S/C24H31F3N2O9/c1-5-13-6-8-14(9-7-13)10-15-19(23(25,26)27)29(12(2)3)28-21(15)38-24(34)20(32)18(31)17(30)16(37-24)11-36-22(33)35-4/h6-9,12,16-18,20,30-32,34H,5,10-11H2,1-4H3/t16-,17-,18+,20-,24+/m1/s1. The second-order valence-electron chi connectivity index (χ2n) is 9.10. The third-order valence-corrected chi connectivity index (χ3v) is 6.06. The predicted molar refractivity (Wildman–Crippen MR) is 123 cm³/mol. The van der Waals surface area contributed by atoms with E-state index in [2.05, 4.69) is 14.6 Å². The number of aryl methyl sites for hydroxylation is 1. The largest absolute Gasteiger partial charge is 0.508 e. The van der Waals surface area contributed by atoms with Crippen LogP contribution < -0.4 is 4.74 Å². The Hall–Kier alpha value is -2.91. The molecule has 1 aliphatic rings. The second kappa shape index (κ2) is 11.5. The van der Waals surface area contributed by atoms with E-state index in [4.69, 9.17) is 9.47 Å². The average molecular weight is 549 g/mol. The van der Waals surface area contributed by atoms with E-state index in [1.807, 2.05) is 6.92 Å². The van der Waals surface area contributed by atoms with Crippen LogP contribution in [0.25, 0.3) is 0 Å². The molecule has 1 aromatic carbocycles. The minimum Gasteiger partial charge on any atom is -0.438 e. The van der Waals surface area contributed by atoms with Gasteiger partial charge in [0, 0.05) is 12.5 Å². The van der Waals surface area contributed by atoms with Crippen LogP contribution in [0.2, 0.25) is 0 Å². The number of carbonyl (C=O) groups is 1. The maximum Gasteiger partial charge on any atom is 0.508 e. The van der Waals surface area contributed by atoms with Gasteiger partial charge in [-0.1, -0.05) is 31.2 Å². The lowest BCUT2D eigenvalue weighted by molar-refractivity contribution is -0.423. The molecular formula is C24H31F3N2O9. The van der Waals surface area contributed by atoms with Crippen LogP contribution in [0.5, 0.6) is 5.88 Å². The van der Waals surface area contributed by atoms with E-state index in [0.29, 0.717) is 10.2 Å². The number of aromatic nitrogens is 2. The van der Waals surface area contributed by atoms with Gasteiger partial charge in [0.2, 0.25) is 5.88 Å². The van der Waals surface area contributed by atoms with Crippen molar-refractivity contribution in [3.63, 3.8) is 0 Å². The summed E-state index contributed by atoms with van der Waals surface area (Å²) in [6, 6.07) is 6.04. The zero-order chi connectivity index (χ0) is 28.4. The molecule has 0 bridgehead atoms. The quantitative estimate of drug-likeness (QED) is 0.284. The molecule has 14 heteroatoms. The summed E-state index contributed by atoms with van der Waals surface area (Å²) >= 11 is 0. The summed E-state index contributed by atoms with van der Waals surface area (Å²) in [7, 11) is 1.01. The Balaban J connectivity index is 2.04. The lowest BCUT2D eigenvalue weighted by atomic mass is 9.97. The van der Waals surface area contributed by atoms with E-state index in [-0.39, 0.29) is 6.42 Å². The topological polar surface area (TPSA) is 153 Å². The second-order valence-corrected chi connectivity index (χ2v) is 9.10. The summed E-state index contributed by atoms with van der Waals surface area (Å²) in [5.74, 6) is -3.90. The molecule has 1 aliphatic heterocycles. The molecule has 1 fully saturated rings. The van der Waals surface area contributed by atoms with Gasteiger partial charge in [-0.2, -0.15) is 13.2 Å². The molecule has 3 rings (SSSR count). The van der Waals surface area contributed by atoms with Crippen LogP contribution in [0.1, 0.15) is 49.2 Å². The summed E-state index contributed by atoms with van der Waals surface area (Å²) in [5.41, 5.74) is -0.137. The van der Waals surface area contributed by atoms with E-state index < -0.39 is 72.5 Å². The number of alkyl halides is 3. The monoisotopic (exact) mass is 548 g/mol. The SMILES string of the molecule is CCc1ccc(Cc2c(O[C@@]3(O)O[C@H](COC(=O)OC)[C@@H](O)[C@H](O)[C@H]3O)nn(C(C)C)c2C(F)(F)F)cc1. The highest BCUT2D eigenvalue weighted by atomic mass is 19.4. The average Bonchev–Trinajstić information content (AvgIpc) is 3.22. The molecule has 0 saturated carbocycles. The number of nitrogens with zero attached hydrogens (tertiary/aromatic N) is 2. The highest BCUT2D eigenvalue weighted by Gasteiger charge is 2.56. The number of rotatable bonds is 8. The molecule has 0 radical (unpaired) electrons. The zero-order valence-corrected chi connectivity index (χ0v) is 21.2. The molecule has 1 aromatic heterocycles. The number of hydrogen-bond acceptors (Lipinski definition) is 10. The van der Waals surface area contributed by atoms with Crippen LogP contribution in [0.15, 0.2) is 24.3 Å². The summed E-state index contributed by atoms with van der Waals surface area (Å²) in [6.45, 7) is 4.11. The number of carbonyl (C=O) groups excluding carboxylic acids is 1. The Labute approximate surface area is 216 Å². The third-order valence-electron chi connectivity index (χ3n) is 6.06. The minimum atomic E-state index is -4.88. The summed E-state index contributed by atoms with van der Waals surface area (Å²) in [4.78, 5) is 11.3. The van der Waals surface area contributed by atoms with Crippen LogP contribution >= 0.6 is 0 Å². The van der Waals surface area contributed by atoms with E-state index >= 15 is 0 Å². The van der Waals surface area contributed by atoms with Crippen molar-refractivity contribution in [2.45, 2.75) is 76.2 Å². The van der Waals surface area contributed by atoms with Crippen molar-refractivity contribution in [2.24, 2.45) is 0 Å². The fourth-order valence-electron chi connectivity index (χ4n) is 4.00. The molecule has 0 aliphatic carbocycles. The van der Waals surface area contributed by atoms with Crippen LogP contribution in [0, 0.1) is 0 Å². The van der Waals surface area contributed by atoms with E-state index in [9.17, 15) is 38.4 Å². The Morgan fingerprint density at radius 2 is 1.76 bits per heavy atom. The molecule has 2 aromatic rings. The number of methoxy groups -OCH3 is 1. The van der Waals surface area contributed by atoms with Crippen molar-refractivity contribution in [3.05, 3.63) is 46.6 Å². The lowest BCUT2D eigenvalue weighted by Gasteiger charge is -2.44. The van der Waals surface area contributed by atoms with Crippen molar-refractivity contribution in [2.75, 3.05) is 13.7 Å². The predicted octanol–water partition coefficient (Wildman–Crippen LogP) is 1.93. The van der Waals surface area contributed by atoms with Gasteiger partial charge >= 0.3 is 18.3 Å². The molecule has 4 N–H and O–H groups in total. The van der Waals surface area contributed by atoms with Crippen LogP contribution in [-0.4, -0.2) is 80.5 Å². The Morgan fingerprint density at radius 3 is 2.29 bits per heavy atom. The van der Waals surface area contributed by atoms with Crippen LogP contribution in [0.4, 0.5) is 18.0 Å². The molecule has 1 saturated heterocycles. The summed E-state index contributed by atoms with van der Waals surface area (Å²) in [6.07, 6.45) is -13.6.